The van der Waals surface area contributed by atoms with Crippen LogP contribution in [0.2, 0.25) is 0 Å². The van der Waals surface area contributed by atoms with Crippen molar-refractivity contribution in [1.29, 1.82) is 0 Å². The Balaban J connectivity index is 2.43. The first kappa shape index (κ1) is 12.0. The number of allylic oxidation sites excluding steroid dienone is 1. The molecule has 15 heavy (non-hydrogen) atoms. The molecule has 3 heteroatoms. The Bertz CT molecular complexity index is 341. The van der Waals surface area contributed by atoms with Crippen LogP contribution in [0.4, 0.5) is 0 Å². The summed E-state index contributed by atoms with van der Waals surface area (Å²) < 4.78 is 5.82. The lowest BCUT2D eigenvalue weighted by molar-refractivity contribution is -0.137. The molecule has 0 aliphatic rings. The average Bonchev–Trinajstić information content (AvgIpc) is 2.21. The molecule has 0 radical (unpaired) electrons. The van der Waals surface area contributed by atoms with E-state index in [2.05, 4.69) is 15.9 Å². The fourth-order valence-electron chi connectivity index (χ4n) is 1.10. The Morgan fingerprint density at radius 2 is 2.07 bits per heavy atom. The van der Waals surface area contributed by atoms with Crippen molar-refractivity contribution in [3.63, 3.8) is 0 Å². The van der Waals surface area contributed by atoms with Gasteiger partial charge in [0.15, 0.2) is 0 Å². The molecular weight excluding hydrogens is 256 g/mol. The normalized spacial score (nSPS) is 10.5. The first-order valence-corrected chi connectivity index (χ1v) is 5.59. The molecule has 0 saturated carbocycles. The Labute approximate surface area is 98.1 Å². The highest BCUT2D eigenvalue weighted by Crippen LogP contribution is 2.10. The van der Waals surface area contributed by atoms with Gasteiger partial charge >= 0.3 is 5.97 Å². The van der Waals surface area contributed by atoms with Gasteiger partial charge in [-0.3, -0.25) is 0 Å². The SMILES string of the molecule is CCOC(=O)C=CCc1ccc(Br)cc1. The lowest BCUT2D eigenvalue weighted by atomic mass is 10.1. The minimum Gasteiger partial charge on any atom is -0.463 e. The Morgan fingerprint density at radius 1 is 1.40 bits per heavy atom. The van der Waals surface area contributed by atoms with Crippen LogP contribution in [-0.2, 0) is 16.0 Å². The second-order valence-corrected chi connectivity index (χ2v) is 3.90. The van der Waals surface area contributed by atoms with Crippen molar-refractivity contribution in [2.24, 2.45) is 0 Å². The van der Waals surface area contributed by atoms with Crippen molar-refractivity contribution < 1.29 is 9.53 Å². The van der Waals surface area contributed by atoms with E-state index in [1.54, 1.807) is 13.0 Å². The van der Waals surface area contributed by atoms with E-state index in [-0.39, 0.29) is 5.97 Å². The lowest BCUT2D eigenvalue weighted by Crippen LogP contribution is -1.98. The topological polar surface area (TPSA) is 26.3 Å². The quantitative estimate of drug-likeness (QED) is 0.620. The van der Waals surface area contributed by atoms with E-state index < -0.39 is 0 Å². The number of benzene rings is 1. The lowest BCUT2D eigenvalue weighted by Gasteiger charge is -1.97. The summed E-state index contributed by atoms with van der Waals surface area (Å²) >= 11 is 3.37. The first-order valence-electron chi connectivity index (χ1n) is 4.80. The number of halogens is 1. The molecule has 0 saturated heterocycles. The summed E-state index contributed by atoms with van der Waals surface area (Å²) in [5.41, 5.74) is 1.17. The monoisotopic (exact) mass is 268 g/mol. The molecule has 2 nitrogen and oxygen atoms in total. The van der Waals surface area contributed by atoms with Gasteiger partial charge in [0.25, 0.3) is 0 Å². The molecule has 1 aromatic carbocycles. The Morgan fingerprint density at radius 3 is 2.67 bits per heavy atom. The van der Waals surface area contributed by atoms with Crippen molar-refractivity contribution in [2.75, 3.05) is 6.61 Å². The summed E-state index contributed by atoms with van der Waals surface area (Å²) in [5.74, 6) is -0.283. The maximum atomic E-state index is 11.0. The van der Waals surface area contributed by atoms with Gasteiger partial charge in [-0.15, -0.1) is 0 Å². The second kappa shape index (κ2) is 6.40. The van der Waals surface area contributed by atoms with Crippen LogP contribution < -0.4 is 0 Å². The molecule has 0 unspecified atom stereocenters. The minimum atomic E-state index is -0.283. The van der Waals surface area contributed by atoms with E-state index in [0.29, 0.717) is 6.61 Å². The van der Waals surface area contributed by atoms with Crippen molar-refractivity contribution in [2.45, 2.75) is 13.3 Å². The summed E-state index contributed by atoms with van der Waals surface area (Å²) in [4.78, 5) is 11.0. The van der Waals surface area contributed by atoms with Gasteiger partial charge in [0.1, 0.15) is 0 Å². The van der Waals surface area contributed by atoms with E-state index in [1.165, 1.54) is 11.6 Å². The number of hydrogen-bond donors (Lipinski definition) is 0. The molecular formula is C12H13BrO2. The van der Waals surface area contributed by atoms with Gasteiger partial charge in [-0.2, -0.15) is 0 Å². The van der Waals surface area contributed by atoms with E-state index in [1.807, 2.05) is 24.3 Å². The molecule has 80 valence electrons. The molecule has 1 aromatic rings. The van der Waals surface area contributed by atoms with Crippen molar-refractivity contribution in [3.8, 4) is 0 Å². The van der Waals surface area contributed by atoms with Gasteiger partial charge in [0.05, 0.1) is 6.61 Å². The third-order valence-corrected chi connectivity index (χ3v) is 2.34. The molecule has 0 aliphatic heterocycles. The van der Waals surface area contributed by atoms with Gasteiger partial charge in [-0.05, 0) is 31.0 Å². The Hall–Kier alpha value is -1.09. The summed E-state index contributed by atoms with van der Waals surface area (Å²) in [7, 11) is 0. The highest BCUT2D eigenvalue weighted by Gasteiger charge is 1.93. The predicted molar refractivity (Wildman–Crippen MR) is 63.6 cm³/mol. The third kappa shape index (κ3) is 4.79. The minimum absolute atomic E-state index is 0.283. The van der Waals surface area contributed by atoms with Crippen LogP contribution in [0.1, 0.15) is 12.5 Å². The highest BCUT2D eigenvalue weighted by molar-refractivity contribution is 9.10. The van der Waals surface area contributed by atoms with Crippen molar-refractivity contribution >= 4 is 21.9 Å². The number of esters is 1. The van der Waals surface area contributed by atoms with Crippen molar-refractivity contribution in [3.05, 3.63) is 46.5 Å². The number of ether oxygens (including phenoxy) is 1. The van der Waals surface area contributed by atoms with E-state index in [0.717, 1.165) is 10.9 Å². The summed E-state index contributed by atoms with van der Waals surface area (Å²) in [6.45, 7) is 2.21. The standard InChI is InChI=1S/C12H13BrO2/c1-2-15-12(14)5-3-4-10-6-8-11(13)9-7-10/h3,5-9H,2,4H2,1H3. The molecule has 0 aliphatic carbocycles. The number of carbonyl (C=O) groups excluding carboxylic acids is 1. The van der Waals surface area contributed by atoms with E-state index in [9.17, 15) is 4.79 Å². The van der Waals surface area contributed by atoms with Crippen LogP contribution in [0.15, 0.2) is 40.9 Å². The molecule has 0 spiro atoms. The summed E-state index contributed by atoms with van der Waals surface area (Å²) in [5, 5.41) is 0. The number of hydrogen-bond acceptors (Lipinski definition) is 2. The van der Waals surface area contributed by atoms with Crippen LogP contribution in [0.5, 0.6) is 0 Å². The molecule has 1 rings (SSSR count). The fraction of sp³-hybridized carbons (Fsp3) is 0.250. The first-order chi connectivity index (χ1) is 7.22. The van der Waals surface area contributed by atoms with Crippen LogP contribution in [-0.4, -0.2) is 12.6 Å². The number of rotatable bonds is 4. The van der Waals surface area contributed by atoms with Crippen molar-refractivity contribution in [1.82, 2.24) is 0 Å². The van der Waals surface area contributed by atoms with Gasteiger partial charge in [-0.1, -0.05) is 34.1 Å². The molecule has 0 heterocycles. The smallest absolute Gasteiger partial charge is 0.330 e. The molecule has 0 aromatic heterocycles. The molecule has 0 bridgehead atoms. The van der Waals surface area contributed by atoms with E-state index in [4.69, 9.17) is 4.74 Å². The molecule has 0 atom stereocenters. The third-order valence-electron chi connectivity index (χ3n) is 1.81. The zero-order valence-corrected chi connectivity index (χ0v) is 10.2. The highest BCUT2D eigenvalue weighted by atomic mass is 79.9. The largest absolute Gasteiger partial charge is 0.463 e. The summed E-state index contributed by atoms with van der Waals surface area (Å²) in [6.07, 6.45) is 4.01. The molecule has 0 fully saturated rings. The van der Waals surface area contributed by atoms with Gasteiger partial charge in [-0.25, -0.2) is 4.79 Å². The molecule has 0 N–H and O–H groups in total. The van der Waals surface area contributed by atoms with Crippen LogP contribution >= 0.6 is 15.9 Å². The fourth-order valence-corrected chi connectivity index (χ4v) is 1.37. The maximum Gasteiger partial charge on any atom is 0.330 e. The average molecular weight is 269 g/mol. The molecule has 0 amide bonds. The maximum absolute atomic E-state index is 11.0. The second-order valence-electron chi connectivity index (χ2n) is 2.99. The zero-order chi connectivity index (χ0) is 11.1. The van der Waals surface area contributed by atoms with Crippen LogP contribution in [0.25, 0.3) is 0 Å². The van der Waals surface area contributed by atoms with Gasteiger partial charge in [0, 0.05) is 10.5 Å². The summed E-state index contributed by atoms with van der Waals surface area (Å²) in [6, 6.07) is 7.99. The van der Waals surface area contributed by atoms with E-state index >= 15 is 0 Å². The number of carbonyl (C=O) groups is 1. The van der Waals surface area contributed by atoms with Gasteiger partial charge < -0.3 is 4.74 Å². The Kier molecular flexibility index (Phi) is 5.12. The predicted octanol–water partition coefficient (Wildman–Crippen LogP) is 3.11. The zero-order valence-electron chi connectivity index (χ0n) is 8.57. The van der Waals surface area contributed by atoms with Crippen LogP contribution in [0.3, 0.4) is 0 Å². The van der Waals surface area contributed by atoms with Gasteiger partial charge in [0.2, 0.25) is 0 Å². The van der Waals surface area contributed by atoms with Crippen LogP contribution in [0, 0.1) is 0 Å².